The maximum Gasteiger partial charge on any atom is 0.410 e. The molecule has 1 aliphatic heterocycles. The summed E-state index contributed by atoms with van der Waals surface area (Å²) in [4.78, 5) is 24.4. The van der Waals surface area contributed by atoms with E-state index in [4.69, 9.17) is 16.3 Å². The summed E-state index contributed by atoms with van der Waals surface area (Å²) in [5.41, 5.74) is -2.05. The first-order chi connectivity index (χ1) is 9.15. The predicted molar refractivity (Wildman–Crippen MR) is 74.6 cm³/mol. The average Bonchev–Trinajstić information content (AvgIpc) is 2.34. The second kappa shape index (κ2) is 6.61. The van der Waals surface area contributed by atoms with E-state index < -0.39 is 23.3 Å². The largest absolute Gasteiger partial charge is 0.444 e. The molecule has 0 saturated carbocycles. The van der Waals surface area contributed by atoms with Gasteiger partial charge in [-0.2, -0.15) is 0 Å². The Morgan fingerprint density at radius 3 is 2.35 bits per heavy atom. The summed E-state index contributed by atoms with van der Waals surface area (Å²) >= 11 is 5.34. The van der Waals surface area contributed by atoms with E-state index in [0.29, 0.717) is 0 Å². The Morgan fingerprint density at radius 1 is 1.35 bits per heavy atom. The van der Waals surface area contributed by atoms with Gasteiger partial charge >= 0.3 is 6.09 Å². The van der Waals surface area contributed by atoms with Crippen LogP contribution in [0.3, 0.4) is 0 Å². The topological polar surface area (TPSA) is 58.6 Å². The van der Waals surface area contributed by atoms with Crippen molar-refractivity contribution in [1.29, 1.82) is 0 Å². The number of nitrogens with zero attached hydrogens (tertiary/aromatic N) is 1. The minimum Gasteiger partial charge on any atom is -0.444 e. The van der Waals surface area contributed by atoms with Gasteiger partial charge in [0.25, 0.3) is 0 Å². The minimum absolute atomic E-state index is 0.0687. The van der Waals surface area contributed by atoms with Crippen LogP contribution in [0.2, 0.25) is 0 Å². The van der Waals surface area contributed by atoms with Crippen molar-refractivity contribution in [3.8, 4) is 0 Å². The summed E-state index contributed by atoms with van der Waals surface area (Å²) in [6.45, 7) is 5.85. The Labute approximate surface area is 123 Å². The van der Waals surface area contributed by atoms with Crippen LogP contribution in [0.5, 0.6) is 0 Å². The molecule has 0 unspecified atom stereocenters. The first kappa shape index (κ1) is 17.0. The summed E-state index contributed by atoms with van der Waals surface area (Å²) in [7, 11) is 0. The third kappa shape index (κ3) is 5.53. The van der Waals surface area contributed by atoms with Crippen molar-refractivity contribution in [1.82, 2.24) is 10.2 Å². The summed E-state index contributed by atoms with van der Waals surface area (Å²) in [6, 6.07) is 0. The number of alkyl halides is 2. The van der Waals surface area contributed by atoms with E-state index in [9.17, 15) is 14.0 Å². The number of piperidine rings is 1. The number of halogens is 2. The van der Waals surface area contributed by atoms with Crippen LogP contribution in [0.1, 0.15) is 33.6 Å². The number of hydrogen-bond acceptors (Lipinski definition) is 3. The Bertz CT molecular complexity index is 363. The normalized spacial score (nSPS) is 18.6. The van der Waals surface area contributed by atoms with Crippen molar-refractivity contribution in [3.63, 3.8) is 0 Å². The highest BCUT2D eigenvalue weighted by Gasteiger charge is 2.37. The lowest BCUT2D eigenvalue weighted by molar-refractivity contribution is -0.119. The van der Waals surface area contributed by atoms with Crippen molar-refractivity contribution >= 4 is 23.6 Å². The van der Waals surface area contributed by atoms with Gasteiger partial charge in [-0.25, -0.2) is 9.18 Å². The third-order valence-corrected chi connectivity index (χ3v) is 3.28. The van der Waals surface area contributed by atoms with Gasteiger partial charge in [-0.1, -0.05) is 0 Å². The van der Waals surface area contributed by atoms with E-state index in [1.807, 2.05) is 0 Å². The number of amides is 2. The van der Waals surface area contributed by atoms with Gasteiger partial charge in [-0.3, -0.25) is 4.79 Å². The highest BCUT2D eigenvalue weighted by molar-refractivity contribution is 6.27. The fraction of sp³-hybridized carbons (Fsp3) is 0.846. The smallest absolute Gasteiger partial charge is 0.410 e. The van der Waals surface area contributed by atoms with E-state index in [1.165, 1.54) is 4.90 Å². The molecular formula is C13H22ClFN2O3. The number of rotatable bonds is 3. The Kier molecular flexibility index (Phi) is 5.62. The number of carbonyl (C=O) groups is 2. The van der Waals surface area contributed by atoms with E-state index in [2.05, 4.69) is 5.32 Å². The number of nitrogens with one attached hydrogen (secondary N) is 1. The fourth-order valence-corrected chi connectivity index (χ4v) is 1.99. The molecule has 0 spiro atoms. The molecule has 0 radical (unpaired) electrons. The molecule has 116 valence electrons. The zero-order valence-corrected chi connectivity index (χ0v) is 12.9. The zero-order chi connectivity index (χ0) is 15.4. The second-order valence-electron chi connectivity index (χ2n) is 6.03. The van der Waals surface area contributed by atoms with Gasteiger partial charge in [0.1, 0.15) is 17.1 Å². The van der Waals surface area contributed by atoms with Crippen LogP contribution in [0.4, 0.5) is 9.18 Å². The van der Waals surface area contributed by atoms with Gasteiger partial charge in [0, 0.05) is 25.9 Å². The fourth-order valence-electron chi connectivity index (χ4n) is 1.90. The monoisotopic (exact) mass is 308 g/mol. The van der Waals surface area contributed by atoms with E-state index in [1.54, 1.807) is 20.8 Å². The van der Waals surface area contributed by atoms with E-state index in [-0.39, 0.29) is 38.4 Å². The number of ether oxygens (including phenoxy) is 1. The summed E-state index contributed by atoms with van der Waals surface area (Å²) in [5, 5.41) is 2.44. The molecule has 0 aromatic carbocycles. The highest BCUT2D eigenvalue weighted by atomic mass is 35.5. The maximum absolute atomic E-state index is 14.4. The molecule has 1 saturated heterocycles. The molecule has 7 heteroatoms. The molecular weight excluding hydrogens is 287 g/mol. The molecule has 1 fully saturated rings. The van der Waals surface area contributed by atoms with Crippen LogP contribution in [0, 0.1) is 0 Å². The Balaban J connectivity index is 2.42. The zero-order valence-electron chi connectivity index (χ0n) is 12.2. The molecule has 20 heavy (non-hydrogen) atoms. The average molecular weight is 309 g/mol. The third-order valence-electron chi connectivity index (χ3n) is 3.03. The van der Waals surface area contributed by atoms with Gasteiger partial charge < -0.3 is 15.0 Å². The molecule has 0 atom stereocenters. The summed E-state index contributed by atoms with van der Waals surface area (Å²) in [6.07, 6.45) is -0.0757. The van der Waals surface area contributed by atoms with Gasteiger partial charge in [-0.05, 0) is 20.8 Å². The van der Waals surface area contributed by atoms with Crippen molar-refractivity contribution in [3.05, 3.63) is 0 Å². The predicted octanol–water partition coefficient (Wildman–Crippen LogP) is 2.08. The highest BCUT2D eigenvalue weighted by Crippen LogP contribution is 2.26. The quantitative estimate of drug-likeness (QED) is 0.812. The minimum atomic E-state index is -1.49. The van der Waals surface area contributed by atoms with E-state index in [0.717, 1.165) is 0 Å². The lowest BCUT2D eigenvalue weighted by Crippen LogP contribution is -2.50. The van der Waals surface area contributed by atoms with Gasteiger partial charge in [0.2, 0.25) is 5.91 Å². The molecule has 1 heterocycles. The van der Waals surface area contributed by atoms with Crippen molar-refractivity contribution in [2.75, 3.05) is 25.5 Å². The van der Waals surface area contributed by atoms with Crippen LogP contribution in [0.25, 0.3) is 0 Å². The molecule has 0 aromatic heterocycles. The van der Waals surface area contributed by atoms with E-state index >= 15 is 0 Å². The Morgan fingerprint density at radius 2 is 1.90 bits per heavy atom. The molecule has 0 aromatic rings. The van der Waals surface area contributed by atoms with Gasteiger partial charge in [0.15, 0.2) is 0 Å². The standard InChI is InChI=1S/C13H22ClFN2O3/c1-12(2,3)20-11(19)17-6-4-13(15,5-7-17)9-16-10(18)8-14/h4-9H2,1-3H3,(H,16,18). The van der Waals surface area contributed by atoms with Crippen LogP contribution >= 0.6 is 11.6 Å². The van der Waals surface area contributed by atoms with Crippen molar-refractivity contribution in [2.24, 2.45) is 0 Å². The van der Waals surface area contributed by atoms with Crippen LogP contribution in [0.15, 0.2) is 0 Å². The second-order valence-corrected chi connectivity index (χ2v) is 6.30. The Hall–Kier alpha value is -1.04. The molecule has 0 aliphatic carbocycles. The van der Waals surface area contributed by atoms with Crippen LogP contribution in [-0.2, 0) is 9.53 Å². The summed E-state index contributed by atoms with van der Waals surface area (Å²) < 4.78 is 19.6. The van der Waals surface area contributed by atoms with Gasteiger partial charge in [0.05, 0.1) is 6.54 Å². The number of likely N-dealkylation sites (tertiary alicyclic amines) is 1. The lowest BCUT2D eigenvalue weighted by atomic mass is 9.93. The van der Waals surface area contributed by atoms with Crippen molar-refractivity contribution in [2.45, 2.75) is 44.9 Å². The molecule has 1 rings (SSSR count). The maximum atomic E-state index is 14.4. The first-order valence-electron chi connectivity index (χ1n) is 6.65. The number of carbonyl (C=O) groups excluding carboxylic acids is 2. The first-order valence-corrected chi connectivity index (χ1v) is 7.18. The number of hydrogen-bond donors (Lipinski definition) is 1. The molecule has 2 amide bonds. The molecule has 0 bridgehead atoms. The van der Waals surface area contributed by atoms with Crippen LogP contribution < -0.4 is 5.32 Å². The molecule has 5 nitrogen and oxygen atoms in total. The van der Waals surface area contributed by atoms with Crippen LogP contribution in [-0.4, -0.2) is 53.7 Å². The van der Waals surface area contributed by atoms with Crippen molar-refractivity contribution < 1.29 is 18.7 Å². The molecule has 1 N–H and O–H groups in total. The lowest BCUT2D eigenvalue weighted by Gasteiger charge is -2.37. The summed E-state index contributed by atoms with van der Waals surface area (Å²) in [5.74, 6) is -0.571. The SMILES string of the molecule is CC(C)(C)OC(=O)N1CCC(F)(CNC(=O)CCl)CC1. The van der Waals surface area contributed by atoms with Gasteiger partial charge in [-0.15, -0.1) is 11.6 Å². The molecule has 1 aliphatic rings.